The fourth-order valence-electron chi connectivity index (χ4n) is 2.98. The number of Topliss-reactive ketones (excluding diaryl/α,β-unsaturated/α-hetero) is 1. The molecule has 0 spiro atoms. The lowest BCUT2D eigenvalue weighted by Gasteiger charge is -2.08. The Morgan fingerprint density at radius 2 is 2.24 bits per heavy atom. The van der Waals surface area contributed by atoms with Crippen LogP contribution in [0.1, 0.15) is 52.1 Å². The molecular formula is C18H20N4O2S. The van der Waals surface area contributed by atoms with E-state index >= 15 is 0 Å². The van der Waals surface area contributed by atoms with Gasteiger partial charge in [0.05, 0.1) is 18.6 Å². The van der Waals surface area contributed by atoms with Gasteiger partial charge in [0.1, 0.15) is 11.6 Å². The molecule has 1 aliphatic carbocycles. The highest BCUT2D eigenvalue weighted by molar-refractivity contribution is 7.99. The highest BCUT2D eigenvalue weighted by Gasteiger charge is 2.31. The third-order valence-corrected chi connectivity index (χ3v) is 5.33. The van der Waals surface area contributed by atoms with Gasteiger partial charge in [0.2, 0.25) is 0 Å². The Kier molecular flexibility index (Phi) is 4.25. The van der Waals surface area contributed by atoms with Crippen molar-refractivity contribution in [1.29, 1.82) is 0 Å². The fraction of sp³-hybridized carbons (Fsp3) is 0.389. The first-order valence-corrected chi connectivity index (χ1v) is 9.38. The Morgan fingerprint density at radius 1 is 1.40 bits per heavy atom. The molecule has 25 heavy (non-hydrogen) atoms. The van der Waals surface area contributed by atoms with Gasteiger partial charge in [-0.15, -0.1) is 10.2 Å². The van der Waals surface area contributed by atoms with Crippen LogP contribution < -0.4 is 0 Å². The molecule has 130 valence electrons. The zero-order valence-electron chi connectivity index (χ0n) is 14.3. The van der Waals surface area contributed by atoms with Crippen LogP contribution in [-0.4, -0.2) is 31.3 Å². The number of thioether (sulfide) groups is 1. The summed E-state index contributed by atoms with van der Waals surface area (Å²) in [5.41, 5.74) is 2.67. The van der Waals surface area contributed by atoms with Gasteiger partial charge in [-0.25, -0.2) is 0 Å². The number of hydrogen-bond acceptors (Lipinski definition) is 5. The van der Waals surface area contributed by atoms with Crippen LogP contribution in [0.2, 0.25) is 0 Å². The molecule has 6 nitrogen and oxygen atoms in total. The van der Waals surface area contributed by atoms with E-state index in [1.165, 1.54) is 11.8 Å². The molecule has 4 rings (SSSR count). The molecule has 7 heteroatoms. The van der Waals surface area contributed by atoms with Crippen molar-refractivity contribution in [2.45, 2.75) is 44.3 Å². The van der Waals surface area contributed by atoms with Crippen molar-refractivity contribution in [2.75, 3.05) is 5.75 Å². The van der Waals surface area contributed by atoms with E-state index in [0.29, 0.717) is 18.2 Å². The van der Waals surface area contributed by atoms with Crippen molar-refractivity contribution in [2.24, 2.45) is 0 Å². The molecule has 0 aromatic carbocycles. The number of aryl methyl sites for hydroxylation is 2. The second-order valence-corrected chi connectivity index (χ2v) is 7.43. The van der Waals surface area contributed by atoms with E-state index in [1.54, 1.807) is 6.26 Å². The van der Waals surface area contributed by atoms with Crippen LogP contribution in [0.5, 0.6) is 0 Å². The van der Waals surface area contributed by atoms with E-state index < -0.39 is 0 Å². The number of ketones is 1. The van der Waals surface area contributed by atoms with Gasteiger partial charge in [-0.2, -0.15) is 0 Å². The summed E-state index contributed by atoms with van der Waals surface area (Å²) in [6.07, 6.45) is 3.98. The van der Waals surface area contributed by atoms with Crippen molar-refractivity contribution in [3.05, 3.63) is 53.0 Å². The maximum absolute atomic E-state index is 12.5. The van der Waals surface area contributed by atoms with Crippen LogP contribution in [0.4, 0.5) is 0 Å². The quantitative estimate of drug-likeness (QED) is 0.516. The normalized spacial score (nSPS) is 14.2. The highest BCUT2D eigenvalue weighted by Crippen LogP contribution is 2.40. The summed E-state index contributed by atoms with van der Waals surface area (Å²) in [5, 5.41) is 9.46. The van der Waals surface area contributed by atoms with E-state index in [4.69, 9.17) is 4.42 Å². The van der Waals surface area contributed by atoms with Crippen LogP contribution in [0, 0.1) is 13.8 Å². The molecule has 0 saturated heterocycles. The van der Waals surface area contributed by atoms with Crippen LogP contribution >= 0.6 is 11.8 Å². The summed E-state index contributed by atoms with van der Waals surface area (Å²) in [6, 6.07) is 5.73. The Balaban J connectivity index is 1.52. The van der Waals surface area contributed by atoms with Gasteiger partial charge >= 0.3 is 0 Å². The molecule has 1 saturated carbocycles. The van der Waals surface area contributed by atoms with Gasteiger partial charge in [-0.3, -0.25) is 9.36 Å². The number of carbonyl (C=O) groups excluding carboxylic acids is 1. The lowest BCUT2D eigenvalue weighted by Crippen LogP contribution is -2.08. The number of furan rings is 1. The van der Waals surface area contributed by atoms with Gasteiger partial charge in [-0.05, 0) is 44.9 Å². The number of nitrogens with zero attached hydrogens (tertiary/aromatic N) is 3. The van der Waals surface area contributed by atoms with Gasteiger partial charge < -0.3 is 9.40 Å². The van der Waals surface area contributed by atoms with Crippen LogP contribution in [0.3, 0.4) is 0 Å². The number of rotatable bonds is 7. The molecule has 3 heterocycles. The summed E-state index contributed by atoms with van der Waals surface area (Å²) in [6.45, 7) is 4.49. The number of H-pyrrole nitrogens is 1. The van der Waals surface area contributed by atoms with Crippen molar-refractivity contribution < 1.29 is 9.21 Å². The predicted octanol–water partition coefficient (Wildman–Crippen LogP) is 3.72. The van der Waals surface area contributed by atoms with Crippen LogP contribution in [-0.2, 0) is 6.54 Å². The monoisotopic (exact) mass is 356 g/mol. The lowest BCUT2D eigenvalue weighted by atomic mass is 10.2. The minimum Gasteiger partial charge on any atom is -0.467 e. The summed E-state index contributed by atoms with van der Waals surface area (Å²) >= 11 is 1.44. The Labute approximate surface area is 150 Å². The smallest absolute Gasteiger partial charge is 0.192 e. The molecule has 0 radical (unpaired) electrons. The van der Waals surface area contributed by atoms with Gasteiger partial charge in [0.25, 0.3) is 0 Å². The number of hydrogen-bond donors (Lipinski definition) is 1. The fourth-order valence-corrected chi connectivity index (χ4v) is 3.81. The predicted molar refractivity (Wildman–Crippen MR) is 95.1 cm³/mol. The van der Waals surface area contributed by atoms with E-state index in [2.05, 4.69) is 19.7 Å². The molecule has 0 aliphatic heterocycles. The number of aromatic nitrogens is 4. The average molecular weight is 356 g/mol. The number of aromatic amines is 1. The van der Waals surface area contributed by atoms with Gasteiger partial charge in [0.15, 0.2) is 10.9 Å². The standard InChI is InChI=1S/C18H20N4O2S/c1-11-8-15(12(2)19-11)16(23)10-25-18-21-20-17(13-5-6-13)22(18)9-14-4-3-7-24-14/h3-4,7-8,13,19H,5-6,9-10H2,1-2H3. The first-order chi connectivity index (χ1) is 12.1. The first kappa shape index (κ1) is 16.2. The van der Waals surface area contributed by atoms with Crippen molar-refractivity contribution in [1.82, 2.24) is 19.7 Å². The molecule has 0 amide bonds. The van der Waals surface area contributed by atoms with E-state index in [1.807, 2.05) is 32.0 Å². The average Bonchev–Trinajstić information content (AvgIpc) is 3.00. The van der Waals surface area contributed by atoms with Crippen LogP contribution in [0.25, 0.3) is 0 Å². The second kappa shape index (κ2) is 6.55. The maximum Gasteiger partial charge on any atom is 0.192 e. The zero-order valence-corrected chi connectivity index (χ0v) is 15.1. The highest BCUT2D eigenvalue weighted by atomic mass is 32.2. The van der Waals surface area contributed by atoms with Gasteiger partial charge in [-0.1, -0.05) is 11.8 Å². The van der Waals surface area contributed by atoms with E-state index in [9.17, 15) is 4.79 Å². The number of nitrogens with one attached hydrogen (secondary N) is 1. The molecular weight excluding hydrogens is 336 g/mol. The Hall–Kier alpha value is -2.28. The van der Waals surface area contributed by atoms with Crippen LogP contribution in [0.15, 0.2) is 34.0 Å². The number of carbonyl (C=O) groups is 1. The van der Waals surface area contributed by atoms with Gasteiger partial charge in [0, 0.05) is 22.9 Å². The summed E-state index contributed by atoms with van der Waals surface area (Å²) in [4.78, 5) is 15.7. The summed E-state index contributed by atoms with van der Waals surface area (Å²) in [7, 11) is 0. The lowest BCUT2D eigenvalue weighted by molar-refractivity contribution is 0.102. The zero-order chi connectivity index (χ0) is 17.4. The SMILES string of the molecule is Cc1cc(C(=O)CSc2nnc(C3CC3)n2Cc2ccco2)c(C)[nH]1. The topological polar surface area (TPSA) is 76.7 Å². The van der Waals surface area contributed by atoms with Crippen molar-refractivity contribution in [3.8, 4) is 0 Å². The third kappa shape index (κ3) is 3.42. The Bertz CT molecular complexity index is 890. The molecule has 3 aromatic heterocycles. The molecule has 1 N–H and O–H groups in total. The molecule has 1 fully saturated rings. The van der Waals surface area contributed by atoms with E-state index in [-0.39, 0.29) is 5.78 Å². The summed E-state index contributed by atoms with van der Waals surface area (Å²) in [5.74, 6) is 2.81. The minimum absolute atomic E-state index is 0.104. The molecule has 0 unspecified atom stereocenters. The maximum atomic E-state index is 12.5. The van der Waals surface area contributed by atoms with Crippen molar-refractivity contribution >= 4 is 17.5 Å². The molecule has 0 atom stereocenters. The second-order valence-electron chi connectivity index (χ2n) is 6.48. The third-order valence-electron chi connectivity index (χ3n) is 4.36. The Morgan fingerprint density at radius 3 is 2.88 bits per heavy atom. The van der Waals surface area contributed by atoms with Crippen molar-refractivity contribution in [3.63, 3.8) is 0 Å². The molecule has 0 bridgehead atoms. The minimum atomic E-state index is 0.104. The molecule has 1 aliphatic rings. The molecule has 3 aromatic rings. The largest absolute Gasteiger partial charge is 0.467 e. The van der Waals surface area contributed by atoms with E-state index in [0.717, 1.165) is 46.5 Å². The summed E-state index contributed by atoms with van der Waals surface area (Å²) < 4.78 is 7.56. The first-order valence-electron chi connectivity index (χ1n) is 8.39.